The van der Waals surface area contributed by atoms with E-state index in [1.54, 1.807) is 0 Å². The molecule has 2 rings (SSSR count). The van der Waals surface area contributed by atoms with Crippen LogP contribution >= 0.6 is 0 Å². The molecule has 0 aliphatic carbocycles. The summed E-state index contributed by atoms with van der Waals surface area (Å²) in [5.74, 6) is 0.720. The van der Waals surface area contributed by atoms with Crippen LogP contribution in [-0.2, 0) is 9.53 Å². The number of esters is 1. The fourth-order valence-electron chi connectivity index (χ4n) is 1.94. The summed E-state index contributed by atoms with van der Waals surface area (Å²) in [6.45, 7) is 4.20. The molecule has 0 unspecified atom stereocenters. The summed E-state index contributed by atoms with van der Waals surface area (Å²) < 4.78 is 10.2. The minimum atomic E-state index is -0.175. The number of anilines is 1. The van der Waals surface area contributed by atoms with Crippen LogP contribution < -0.4 is 9.64 Å². The summed E-state index contributed by atoms with van der Waals surface area (Å²) in [6.07, 6.45) is 0.407. The highest BCUT2D eigenvalue weighted by molar-refractivity contribution is 5.70. The van der Waals surface area contributed by atoms with Crippen molar-refractivity contribution in [3.8, 4) is 5.75 Å². The first-order valence-electron chi connectivity index (χ1n) is 5.76. The van der Waals surface area contributed by atoms with Gasteiger partial charge in [0, 0.05) is 6.54 Å². The van der Waals surface area contributed by atoms with Gasteiger partial charge in [0.1, 0.15) is 12.4 Å². The predicted octanol–water partition coefficient (Wildman–Crippen LogP) is 1.76. The SMILES string of the molecule is COC(=O)CCN1CCOc2ccc(C)cc21. The van der Waals surface area contributed by atoms with Gasteiger partial charge in [0.2, 0.25) is 0 Å². The van der Waals surface area contributed by atoms with E-state index in [4.69, 9.17) is 4.74 Å². The Kier molecular flexibility index (Phi) is 3.52. The lowest BCUT2D eigenvalue weighted by molar-refractivity contribution is -0.140. The second-order valence-electron chi connectivity index (χ2n) is 4.13. The van der Waals surface area contributed by atoms with E-state index >= 15 is 0 Å². The molecule has 0 fully saturated rings. The molecule has 1 aromatic rings. The molecule has 1 heterocycles. The van der Waals surface area contributed by atoms with Crippen LogP contribution in [0.1, 0.15) is 12.0 Å². The van der Waals surface area contributed by atoms with Crippen LogP contribution in [0.15, 0.2) is 18.2 Å². The number of methoxy groups -OCH3 is 1. The molecular weight excluding hydrogens is 218 g/mol. The van der Waals surface area contributed by atoms with Crippen molar-refractivity contribution < 1.29 is 14.3 Å². The highest BCUT2D eigenvalue weighted by Gasteiger charge is 2.18. The average molecular weight is 235 g/mol. The van der Waals surface area contributed by atoms with Crippen molar-refractivity contribution in [1.82, 2.24) is 0 Å². The normalized spacial score (nSPS) is 13.9. The van der Waals surface area contributed by atoms with E-state index in [-0.39, 0.29) is 5.97 Å². The lowest BCUT2D eigenvalue weighted by Gasteiger charge is -2.31. The minimum Gasteiger partial charge on any atom is -0.490 e. The Hall–Kier alpha value is -1.71. The third kappa shape index (κ3) is 2.70. The van der Waals surface area contributed by atoms with Crippen LogP contribution in [0.25, 0.3) is 0 Å². The van der Waals surface area contributed by atoms with Crippen LogP contribution in [0.2, 0.25) is 0 Å². The van der Waals surface area contributed by atoms with Crippen LogP contribution in [0.4, 0.5) is 5.69 Å². The number of nitrogens with zero attached hydrogens (tertiary/aromatic N) is 1. The molecule has 0 saturated heterocycles. The Balaban J connectivity index is 2.11. The van der Waals surface area contributed by atoms with E-state index < -0.39 is 0 Å². The maximum absolute atomic E-state index is 11.2. The number of rotatable bonds is 3. The van der Waals surface area contributed by atoms with Gasteiger partial charge in [-0.3, -0.25) is 4.79 Å². The van der Waals surface area contributed by atoms with Gasteiger partial charge >= 0.3 is 5.97 Å². The van der Waals surface area contributed by atoms with Crippen molar-refractivity contribution >= 4 is 11.7 Å². The number of ether oxygens (including phenoxy) is 2. The molecule has 0 N–H and O–H groups in total. The second-order valence-corrected chi connectivity index (χ2v) is 4.13. The van der Waals surface area contributed by atoms with Crippen LogP contribution in [0.3, 0.4) is 0 Å². The van der Waals surface area contributed by atoms with Crippen LogP contribution in [-0.4, -0.2) is 32.8 Å². The molecule has 0 radical (unpaired) electrons. The molecule has 17 heavy (non-hydrogen) atoms. The van der Waals surface area contributed by atoms with Gasteiger partial charge < -0.3 is 14.4 Å². The molecule has 92 valence electrons. The Morgan fingerprint density at radius 3 is 3.12 bits per heavy atom. The number of aryl methyl sites for hydroxylation is 1. The van der Waals surface area contributed by atoms with E-state index in [1.807, 2.05) is 19.1 Å². The van der Waals surface area contributed by atoms with Gasteiger partial charge in [-0.15, -0.1) is 0 Å². The van der Waals surface area contributed by atoms with Crippen LogP contribution in [0.5, 0.6) is 5.75 Å². The van der Waals surface area contributed by atoms with E-state index in [0.29, 0.717) is 19.6 Å². The third-order valence-electron chi connectivity index (χ3n) is 2.89. The molecule has 0 amide bonds. The summed E-state index contributed by atoms with van der Waals surface area (Å²) in [5, 5.41) is 0. The summed E-state index contributed by atoms with van der Waals surface area (Å²) in [7, 11) is 1.42. The van der Waals surface area contributed by atoms with Crippen LogP contribution in [0, 0.1) is 6.92 Å². The predicted molar refractivity (Wildman–Crippen MR) is 65.5 cm³/mol. The quantitative estimate of drug-likeness (QED) is 0.748. The first-order chi connectivity index (χ1) is 8.20. The fourth-order valence-corrected chi connectivity index (χ4v) is 1.94. The highest BCUT2D eigenvalue weighted by atomic mass is 16.5. The number of benzene rings is 1. The summed E-state index contributed by atoms with van der Waals surface area (Å²) in [6, 6.07) is 6.10. The first-order valence-corrected chi connectivity index (χ1v) is 5.76. The van der Waals surface area contributed by atoms with Gasteiger partial charge in [0.25, 0.3) is 0 Å². The van der Waals surface area contributed by atoms with Gasteiger partial charge in [-0.1, -0.05) is 6.07 Å². The number of carbonyl (C=O) groups is 1. The Morgan fingerprint density at radius 2 is 2.35 bits per heavy atom. The zero-order valence-corrected chi connectivity index (χ0v) is 10.2. The molecule has 0 spiro atoms. The Morgan fingerprint density at radius 1 is 1.53 bits per heavy atom. The number of carbonyl (C=O) groups excluding carboxylic acids is 1. The summed E-state index contributed by atoms with van der Waals surface area (Å²) in [4.78, 5) is 13.3. The van der Waals surface area contributed by atoms with Crippen molar-refractivity contribution in [2.75, 3.05) is 31.7 Å². The molecule has 0 atom stereocenters. The molecule has 1 aromatic carbocycles. The maximum Gasteiger partial charge on any atom is 0.307 e. The highest BCUT2D eigenvalue weighted by Crippen LogP contribution is 2.32. The number of fused-ring (bicyclic) bond motifs is 1. The number of hydrogen-bond donors (Lipinski definition) is 0. The lowest BCUT2D eigenvalue weighted by Crippen LogP contribution is -2.34. The van der Waals surface area contributed by atoms with Crippen molar-refractivity contribution in [3.05, 3.63) is 23.8 Å². The monoisotopic (exact) mass is 235 g/mol. The van der Waals surface area contributed by atoms with Gasteiger partial charge in [0.05, 0.1) is 25.8 Å². The maximum atomic E-state index is 11.2. The van der Waals surface area contributed by atoms with E-state index in [1.165, 1.54) is 12.7 Å². The molecule has 0 saturated carbocycles. The Labute approximate surface area is 101 Å². The van der Waals surface area contributed by atoms with Crippen molar-refractivity contribution in [2.24, 2.45) is 0 Å². The Bertz CT molecular complexity index is 417. The second kappa shape index (κ2) is 5.08. The van der Waals surface area contributed by atoms with E-state index in [0.717, 1.165) is 18.0 Å². The van der Waals surface area contributed by atoms with Gasteiger partial charge in [-0.25, -0.2) is 0 Å². The molecule has 1 aliphatic heterocycles. The zero-order chi connectivity index (χ0) is 12.3. The molecule has 0 bridgehead atoms. The molecule has 4 heteroatoms. The number of hydrogen-bond acceptors (Lipinski definition) is 4. The zero-order valence-electron chi connectivity index (χ0n) is 10.2. The lowest BCUT2D eigenvalue weighted by atomic mass is 10.1. The van der Waals surface area contributed by atoms with Crippen molar-refractivity contribution in [1.29, 1.82) is 0 Å². The van der Waals surface area contributed by atoms with Gasteiger partial charge in [0.15, 0.2) is 0 Å². The standard InChI is InChI=1S/C13H17NO3/c1-10-3-4-12-11(9-10)14(7-8-17-12)6-5-13(15)16-2/h3-4,9H,5-8H2,1-2H3. The van der Waals surface area contributed by atoms with Crippen molar-refractivity contribution in [3.63, 3.8) is 0 Å². The first kappa shape index (κ1) is 11.8. The third-order valence-corrected chi connectivity index (χ3v) is 2.89. The van der Waals surface area contributed by atoms with E-state index in [2.05, 4.69) is 15.7 Å². The topological polar surface area (TPSA) is 38.8 Å². The molecule has 0 aromatic heterocycles. The molecule has 1 aliphatic rings. The van der Waals surface area contributed by atoms with Crippen molar-refractivity contribution in [2.45, 2.75) is 13.3 Å². The molecule has 4 nitrogen and oxygen atoms in total. The smallest absolute Gasteiger partial charge is 0.307 e. The summed E-state index contributed by atoms with van der Waals surface area (Å²) >= 11 is 0. The largest absolute Gasteiger partial charge is 0.490 e. The minimum absolute atomic E-state index is 0.175. The van der Waals surface area contributed by atoms with E-state index in [9.17, 15) is 4.79 Å². The average Bonchev–Trinajstić information content (AvgIpc) is 2.35. The van der Waals surface area contributed by atoms with Gasteiger partial charge in [-0.2, -0.15) is 0 Å². The van der Waals surface area contributed by atoms with Gasteiger partial charge in [-0.05, 0) is 24.6 Å². The fraction of sp³-hybridized carbons (Fsp3) is 0.462. The summed E-state index contributed by atoms with van der Waals surface area (Å²) in [5.41, 5.74) is 2.26. The molecular formula is C13H17NO3.